The molecule has 29 heavy (non-hydrogen) atoms. The van der Waals surface area contributed by atoms with E-state index in [1.807, 2.05) is 6.20 Å². The van der Waals surface area contributed by atoms with E-state index in [2.05, 4.69) is 71.0 Å². The lowest BCUT2D eigenvalue weighted by Crippen LogP contribution is -2.46. The molecule has 2 heterocycles. The molecule has 0 saturated heterocycles. The number of likely N-dealkylation sites (N-methyl/N-ethyl adjacent to an activating group) is 1. The molecule has 0 spiro atoms. The highest BCUT2D eigenvalue weighted by atomic mass is 15.2. The maximum absolute atomic E-state index is 4.81. The Morgan fingerprint density at radius 3 is 2.90 bits per heavy atom. The molecule has 1 aromatic heterocycles. The van der Waals surface area contributed by atoms with Gasteiger partial charge in [0, 0.05) is 38.4 Å². The van der Waals surface area contributed by atoms with Gasteiger partial charge in [-0.3, -0.25) is 9.88 Å². The third kappa shape index (κ3) is 5.13. The quantitative estimate of drug-likeness (QED) is 0.533. The van der Waals surface area contributed by atoms with Gasteiger partial charge in [-0.05, 0) is 55.0 Å². The van der Waals surface area contributed by atoms with E-state index in [1.165, 1.54) is 41.6 Å². The number of fused-ring (bicyclic) bond motifs is 2. The summed E-state index contributed by atoms with van der Waals surface area (Å²) in [4.78, 5) is 7.46. The molecule has 1 aliphatic carbocycles. The van der Waals surface area contributed by atoms with Crippen molar-refractivity contribution < 1.29 is 0 Å². The molecule has 2 atom stereocenters. The number of nitrogens with zero attached hydrogens (tertiary/aromatic N) is 2. The number of pyridine rings is 1. The number of hydrogen-bond donors (Lipinski definition) is 2. The Labute approximate surface area is 175 Å². The van der Waals surface area contributed by atoms with Gasteiger partial charge in [0.15, 0.2) is 0 Å². The summed E-state index contributed by atoms with van der Waals surface area (Å²) < 4.78 is 0. The minimum atomic E-state index is 0.419. The first-order valence-electron chi connectivity index (χ1n) is 11.2. The Hall–Kier alpha value is -2.01. The van der Waals surface area contributed by atoms with Crippen LogP contribution in [-0.2, 0) is 19.4 Å². The second-order valence-corrected chi connectivity index (χ2v) is 8.24. The van der Waals surface area contributed by atoms with E-state index in [0.29, 0.717) is 12.1 Å². The van der Waals surface area contributed by atoms with E-state index in [1.54, 1.807) is 0 Å². The number of benzene rings is 1. The fourth-order valence-electron chi connectivity index (χ4n) is 4.72. The molecule has 2 aromatic rings. The summed E-state index contributed by atoms with van der Waals surface area (Å²) >= 11 is 0. The molecule has 0 radical (unpaired) electrons. The van der Waals surface area contributed by atoms with Crippen LogP contribution in [-0.4, -0.2) is 42.1 Å². The predicted octanol–water partition coefficient (Wildman–Crippen LogP) is 3.64. The average molecular weight is 391 g/mol. The predicted molar refractivity (Wildman–Crippen MR) is 120 cm³/mol. The smallest absolute Gasteiger partial charge is 0.0607 e. The highest BCUT2D eigenvalue weighted by Gasteiger charge is 2.29. The van der Waals surface area contributed by atoms with Gasteiger partial charge in [0.05, 0.1) is 11.7 Å². The summed E-state index contributed by atoms with van der Waals surface area (Å²) in [5, 5.41) is 7.16. The van der Waals surface area contributed by atoms with Crippen molar-refractivity contribution in [1.29, 1.82) is 0 Å². The lowest BCUT2D eigenvalue weighted by molar-refractivity contribution is 0.170. The molecule has 4 rings (SSSR count). The lowest BCUT2D eigenvalue weighted by atomic mass is 9.89. The number of rotatable bonds is 8. The van der Waals surface area contributed by atoms with Crippen molar-refractivity contribution in [3.8, 4) is 0 Å². The first-order chi connectivity index (χ1) is 14.3. The van der Waals surface area contributed by atoms with Gasteiger partial charge in [-0.1, -0.05) is 49.4 Å². The van der Waals surface area contributed by atoms with Crippen LogP contribution < -0.4 is 10.6 Å². The summed E-state index contributed by atoms with van der Waals surface area (Å²) in [6.45, 7) is 7.12. The highest BCUT2D eigenvalue weighted by Crippen LogP contribution is 2.33. The third-order valence-corrected chi connectivity index (χ3v) is 6.25. The fraction of sp³-hybridized carbons (Fsp3) is 0.480. The van der Waals surface area contributed by atoms with E-state index in [4.69, 9.17) is 4.98 Å². The molecule has 1 aliphatic heterocycles. The number of hydrogen-bond acceptors (Lipinski definition) is 4. The molecule has 1 aromatic carbocycles. The Morgan fingerprint density at radius 2 is 2.00 bits per heavy atom. The molecule has 154 valence electrons. The Balaban J connectivity index is 1.49. The molecule has 0 fully saturated rings. The van der Waals surface area contributed by atoms with Crippen LogP contribution in [0, 0.1) is 0 Å². The SMILES string of the molecule is CCNC/C=C/CN(C[C@H]1Cc2ccccc2CN1)[C@H]1CCCc2cccnc21. The molecule has 0 saturated carbocycles. The van der Waals surface area contributed by atoms with Crippen LogP contribution in [0.3, 0.4) is 0 Å². The van der Waals surface area contributed by atoms with Crippen LogP contribution in [0.15, 0.2) is 54.7 Å². The van der Waals surface area contributed by atoms with E-state index in [-0.39, 0.29) is 0 Å². The highest BCUT2D eigenvalue weighted by molar-refractivity contribution is 5.30. The molecular formula is C25H34N4. The third-order valence-electron chi connectivity index (χ3n) is 6.25. The number of aromatic nitrogens is 1. The Morgan fingerprint density at radius 1 is 1.14 bits per heavy atom. The standard InChI is InChI=1S/C25H34N4/c1-2-26-14-5-6-16-29(24-13-7-11-20-12-8-15-27-25(20)24)19-23-17-21-9-3-4-10-22(21)18-28-23/h3-6,8-10,12,15,23-24,26,28H,2,7,11,13-14,16-19H2,1H3/b6-5+/t23-,24+/m1/s1. The van der Waals surface area contributed by atoms with Gasteiger partial charge in [-0.25, -0.2) is 0 Å². The van der Waals surface area contributed by atoms with Gasteiger partial charge >= 0.3 is 0 Å². The first kappa shape index (κ1) is 20.3. The average Bonchev–Trinajstić information content (AvgIpc) is 2.78. The maximum atomic E-state index is 4.81. The Bertz CT molecular complexity index is 816. The van der Waals surface area contributed by atoms with Gasteiger partial charge in [0.2, 0.25) is 0 Å². The van der Waals surface area contributed by atoms with E-state index < -0.39 is 0 Å². The molecule has 2 N–H and O–H groups in total. The molecule has 0 unspecified atom stereocenters. The zero-order valence-electron chi connectivity index (χ0n) is 17.6. The van der Waals surface area contributed by atoms with E-state index in [0.717, 1.165) is 39.1 Å². The van der Waals surface area contributed by atoms with Crippen LogP contribution in [0.25, 0.3) is 0 Å². The van der Waals surface area contributed by atoms with Crippen molar-refractivity contribution >= 4 is 0 Å². The summed E-state index contributed by atoms with van der Waals surface area (Å²) in [6.07, 6.45) is 11.3. The fourth-order valence-corrected chi connectivity index (χ4v) is 4.72. The van der Waals surface area contributed by atoms with Crippen LogP contribution >= 0.6 is 0 Å². The van der Waals surface area contributed by atoms with Crippen molar-refractivity contribution in [1.82, 2.24) is 20.5 Å². The summed E-state index contributed by atoms with van der Waals surface area (Å²) in [5.41, 5.74) is 5.69. The summed E-state index contributed by atoms with van der Waals surface area (Å²) in [7, 11) is 0. The molecule has 2 aliphatic rings. The first-order valence-corrected chi connectivity index (χ1v) is 11.2. The minimum Gasteiger partial charge on any atom is -0.314 e. The summed E-state index contributed by atoms with van der Waals surface area (Å²) in [6, 6.07) is 14.1. The monoisotopic (exact) mass is 390 g/mol. The lowest BCUT2D eigenvalue weighted by Gasteiger charge is -2.38. The topological polar surface area (TPSA) is 40.2 Å². The van der Waals surface area contributed by atoms with Crippen molar-refractivity contribution in [2.24, 2.45) is 0 Å². The second kappa shape index (κ2) is 10.1. The molecule has 4 nitrogen and oxygen atoms in total. The van der Waals surface area contributed by atoms with Crippen LogP contribution in [0.2, 0.25) is 0 Å². The van der Waals surface area contributed by atoms with Crippen molar-refractivity contribution in [2.75, 3.05) is 26.2 Å². The van der Waals surface area contributed by atoms with Crippen LogP contribution in [0.4, 0.5) is 0 Å². The van der Waals surface area contributed by atoms with Gasteiger partial charge in [-0.2, -0.15) is 0 Å². The van der Waals surface area contributed by atoms with Gasteiger partial charge in [0.1, 0.15) is 0 Å². The van der Waals surface area contributed by atoms with Crippen molar-refractivity contribution in [3.05, 3.63) is 77.1 Å². The molecule has 4 heteroatoms. The van der Waals surface area contributed by atoms with E-state index in [9.17, 15) is 0 Å². The number of aryl methyl sites for hydroxylation is 1. The normalized spacial score (nSPS) is 21.3. The van der Waals surface area contributed by atoms with E-state index >= 15 is 0 Å². The maximum Gasteiger partial charge on any atom is 0.0607 e. The largest absolute Gasteiger partial charge is 0.314 e. The second-order valence-electron chi connectivity index (χ2n) is 8.24. The minimum absolute atomic E-state index is 0.419. The Kier molecular flexibility index (Phi) is 7.09. The van der Waals surface area contributed by atoms with Crippen molar-refractivity contribution in [2.45, 2.75) is 51.2 Å². The summed E-state index contributed by atoms with van der Waals surface area (Å²) in [5.74, 6) is 0. The molecule has 0 amide bonds. The molecule has 0 bridgehead atoms. The zero-order valence-corrected chi connectivity index (χ0v) is 17.6. The zero-order chi connectivity index (χ0) is 19.9. The van der Waals surface area contributed by atoms with Crippen LogP contribution in [0.1, 0.15) is 48.2 Å². The van der Waals surface area contributed by atoms with Gasteiger partial charge in [0.25, 0.3) is 0 Å². The van der Waals surface area contributed by atoms with Gasteiger partial charge in [-0.15, -0.1) is 0 Å². The number of nitrogens with one attached hydrogen (secondary N) is 2. The van der Waals surface area contributed by atoms with Gasteiger partial charge < -0.3 is 10.6 Å². The van der Waals surface area contributed by atoms with Crippen molar-refractivity contribution in [3.63, 3.8) is 0 Å². The molecular weight excluding hydrogens is 356 g/mol. The van der Waals surface area contributed by atoms with Crippen LogP contribution in [0.5, 0.6) is 0 Å².